The van der Waals surface area contributed by atoms with Crippen LogP contribution in [-0.4, -0.2) is 24.3 Å². The smallest absolute Gasteiger partial charge is 0.218 e. The molecule has 1 aliphatic carbocycles. The maximum Gasteiger partial charge on any atom is 0.218 e. The van der Waals surface area contributed by atoms with E-state index in [1.54, 1.807) is 0 Å². The number of hydrogen-bond acceptors (Lipinski definition) is 4. The van der Waals surface area contributed by atoms with E-state index in [4.69, 9.17) is 15.2 Å². The minimum Gasteiger partial charge on any atom is -0.475 e. The number of fused-ring (bicyclic) bond motifs is 1. The van der Waals surface area contributed by atoms with E-state index in [0.29, 0.717) is 25.6 Å². The summed E-state index contributed by atoms with van der Waals surface area (Å²) < 4.78 is 11.2. The Balaban J connectivity index is 2.02. The van der Waals surface area contributed by atoms with Crippen LogP contribution in [0.3, 0.4) is 0 Å². The summed E-state index contributed by atoms with van der Waals surface area (Å²) in [6.45, 7) is 5.61. The van der Waals surface area contributed by atoms with Crippen LogP contribution >= 0.6 is 0 Å². The van der Waals surface area contributed by atoms with Gasteiger partial charge in [-0.2, -0.15) is 0 Å². The maximum atomic E-state index is 5.78. The minimum atomic E-state index is 0.231. The summed E-state index contributed by atoms with van der Waals surface area (Å²) in [6, 6.07) is 2.17. The Morgan fingerprint density at radius 2 is 2.05 bits per heavy atom. The van der Waals surface area contributed by atoms with E-state index in [-0.39, 0.29) is 6.10 Å². The summed E-state index contributed by atoms with van der Waals surface area (Å²) in [5, 5.41) is 0. The lowest BCUT2D eigenvalue weighted by Gasteiger charge is -2.18. The molecular formula is C15H24N2O2. The van der Waals surface area contributed by atoms with Crippen molar-refractivity contribution in [2.24, 2.45) is 5.73 Å². The molecule has 0 spiro atoms. The zero-order valence-corrected chi connectivity index (χ0v) is 11.9. The molecule has 1 aliphatic rings. The Kier molecular flexibility index (Phi) is 5.16. The lowest BCUT2D eigenvalue weighted by molar-refractivity contribution is 0.0539. The van der Waals surface area contributed by atoms with E-state index in [1.165, 1.54) is 24.1 Å². The lowest BCUT2D eigenvalue weighted by Crippen LogP contribution is -2.15. The predicted octanol–water partition coefficient (Wildman–Crippen LogP) is 2.22. The highest BCUT2D eigenvalue weighted by Gasteiger charge is 2.15. The van der Waals surface area contributed by atoms with Crippen molar-refractivity contribution >= 4 is 0 Å². The Morgan fingerprint density at radius 3 is 2.79 bits per heavy atom. The second-order valence-electron chi connectivity index (χ2n) is 5.24. The Hall–Kier alpha value is -1.13. The van der Waals surface area contributed by atoms with E-state index in [0.717, 1.165) is 18.4 Å². The third-order valence-electron chi connectivity index (χ3n) is 3.33. The van der Waals surface area contributed by atoms with E-state index < -0.39 is 0 Å². The molecule has 1 heterocycles. The lowest BCUT2D eigenvalue weighted by atomic mass is 9.95. The van der Waals surface area contributed by atoms with Crippen LogP contribution in [0, 0.1) is 0 Å². The molecule has 4 nitrogen and oxygen atoms in total. The summed E-state index contributed by atoms with van der Waals surface area (Å²) >= 11 is 0. The molecule has 1 aromatic heterocycles. The number of ether oxygens (including phenoxy) is 2. The Bertz CT molecular complexity index is 419. The van der Waals surface area contributed by atoms with Crippen molar-refractivity contribution in [3.8, 4) is 5.88 Å². The molecule has 0 atom stereocenters. The topological polar surface area (TPSA) is 57.4 Å². The number of pyridine rings is 1. The largest absolute Gasteiger partial charge is 0.475 e. The van der Waals surface area contributed by atoms with Crippen molar-refractivity contribution in [3.05, 3.63) is 22.9 Å². The van der Waals surface area contributed by atoms with Crippen LogP contribution in [0.25, 0.3) is 0 Å². The summed E-state index contributed by atoms with van der Waals surface area (Å²) in [5.74, 6) is 0.690. The van der Waals surface area contributed by atoms with Crippen molar-refractivity contribution in [3.63, 3.8) is 0 Å². The van der Waals surface area contributed by atoms with Crippen molar-refractivity contribution in [2.75, 3.05) is 13.2 Å². The molecule has 0 aliphatic heterocycles. The summed E-state index contributed by atoms with van der Waals surface area (Å²) in [6.07, 6.45) is 4.87. The standard InChI is InChI=1S/C15H24N2O2/c1-11(2)18-7-8-19-15-13(10-16)9-12-5-3-4-6-14(12)17-15/h9,11H,3-8,10,16H2,1-2H3. The van der Waals surface area contributed by atoms with Gasteiger partial charge >= 0.3 is 0 Å². The number of rotatable bonds is 6. The van der Waals surface area contributed by atoms with Gasteiger partial charge in [0.25, 0.3) is 0 Å². The molecule has 19 heavy (non-hydrogen) atoms. The minimum absolute atomic E-state index is 0.231. The molecule has 0 radical (unpaired) electrons. The van der Waals surface area contributed by atoms with Crippen LogP contribution in [0.5, 0.6) is 5.88 Å². The van der Waals surface area contributed by atoms with Crippen LogP contribution in [0.15, 0.2) is 6.07 Å². The highest BCUT2D eigenvalue weighted by molar-refractivity contribution is 5.35. The first-order valence-electron chi connectivity index (χ1n) is 7.17. The second kappa shape index (κ2) is 6.87. The van der Waals surface area contributed by atoms with Gasteiger partial charge in [-0.15, -0.1) is 0 Å². The predicted molar refractivity (Wildman–Crippen MR) is 75.4 cm³/mol. The highest BCUT2D eigenvalue weighted by Crippen LogP contribution is 2.25. The molecule has 0 bridgehead atoms. The second-order valence-corrected chi connectivity index (χ2v) is 5.24. The van der Waals surface area contributed by atoms with Crippen molar-refractivity contribution in [1.82, 2.24) is 4.98 Å². The van der Waals surface area contributed by atoms with E-state index in [1.807, 2.05) is 13.8 Å². The van der Waals surface area contributed by atoms with Gasteiger partial charge in [0.1, 0.15) is 6.61 Å². The number of aryl methyl sites for hydroxylation is 2. The highest BCUT2D eigenvalue weighted by atomic mass is 16.5. The Labute approximate surface area is 115 Å². The van der Waals surface area contributed by atoms with Crippen LogP contribution in [0.2, 0.25) is 0 Å². The molecular weight excluding hydrogens is 240 g/mol. The number of aromatic nitrogens is 1. The zero-order valence-electron chi connectivity index (χ0n) is 11.9. The first-order valence-corrected chi connectivity index (χ1v) is 7.17. The van der Waals surface area contributed by atoms with Crippen molar-refractivity contribution in [1.29, 1.82) is 0 Å². The van der Waals surface area contributed by atoms with Crippen LogP contribution in [0.4, 0.5) is 0 Å². The fourth-order valence-corrected chi connectivity index (χ4v) is 2.36. The first kappa shape index (κ1) is 14.3. The van der Waals surface area contributed by atoms with Crippen LogP contribution in [-0.2, 0) is 24.1 Å². The first-order chi connectivity index (χ1) is 9.20. The molecule has 106 valence electrons. The third-order valence-corrected chi connectivity index (χ3v) is 3.33. The van der Waals surface area contributed by atoms with Gasteiger partial charge in [0, 0.05) is 17.8 Å². The fraction of sp³-hybridized carbons (Fsp3) is 0.667. The third kappa shape index (κ3) is 3.91. The van der Waals surface area contributed by atoms with Crippen molar-refractivity contribution in [2.45, 2.75) is 52.2 Å². The molecule has 0 amide bonds. The van der Waals surface area contributed by atoms with Gasteiger partial charge in [0.05, 0.1) is 12.7 Å². The quantitative estimate of drug-likeness (QED) is 0.800. The average Bonchev–Trinajstić information content (AvgIpc) is 2.42. The van der Waals surface area contributed by atoms with E-state index >= 15 is 0 Å². The number of nitrogens with zero attached hydrogens (tertiary/aromatic N) is 1. The molecule has 4 heteroatoms. The summed E-state index contributed by atoms with van der Waals surface area (Å²) in [7, 11) is 0. The zero-order chi connectivity index (χ0) is 13.7. The molecule has 2 N–H and O–H groups in total. The SMILES string of the molecule is CC(C)OCCOc1nc2c(cc1CN)CCCC2. The molecule has 2 rings (SSSR count). The van der Waals surface area contributed by atoms with Gasteiger partial charge in [-0.25, -0.2) is 4.98 Å². The van der Waals surface area contributed by atoms with E-state index in [9.17, 15) is 0 Å². The van der Waals surface area contributed by atoms with E-state index in [2.05, 4.69) is 11.1 Å². The molecule has 0 unspecified atom stereocenters. The Morgan fingerprint density at radius 1 is 1.26 bits per heavy atom. The van der Waals surface area contributed by atoms with Crippen LogP contribution in [0.1, 0.15) is 43.5 Å². The average molecular weight is 264 g/mol. The molecule has 0 aromatic carbocycles. The van der Waals surface area contributed by atoms with Gasteiger partial charge in [0.2, 0.25) is 5.88 Å². The van der Waals surface area contributed by atoms with Gasteiger partial charge in [0.15, 0.2) is 0 Å². The fourth-order valence-electron chi connectivity index (χ4n) is 2.36. The summed E-state index contributed by atoms with van der Waals surface area (Å²) in [5.41, 5.74) is 9.32. The van der Waals surface area contributed by atoms with Crippen LogP contribution < -0.4 is 10.5 Å². The normalized spacial score (nSPS) is 14.5. The van der Waals surface area contributed by atoms with Gasteiger partial charge in [-0.1, -0.05) is 0 Å². The maximum absolute atomic E-state index is 5.78. The van der Waals surface area contributed by atoms with Gasteiger partial charge in [-0.3, -0.25) is 0 Å². The molecule has 1 aromatic rings. The number of hydrogen-bond donors (Lipinski definition) is 1. The summed E-state index contributed by atoms with van der Waals surface area (Å²) in [4.78, 5) is 4.64. The molecule has 0 fully saturated rings. The number of nitrogens with two attached hydrogens (primary N) is 1. The monoisotopic (exact) mass is 264 g/mol. The molecule has 0 saturated carbocycles. The van der Waals surface area contributed by atoms with Crippen molar-refractivity contribution < 1.29 is 9.47 Å². The van der Waals surface area contributed by atoms with Gasteiger partial charge in [-0.05, 0) is 51.2 Å². The molecule has 0 saturated heterocycles. The van der Waals surface area contributed by atoms with Gasteiger partial charge < -0.3 is 15.2 Å².